The molecule has 106 valence electrons. The maximum atomic E-state index is 12.4. The Bertz CT molecular complexity index is 538. The minimum atomic E-state index is -3.48. The molecule has 0 aromatic heterocycles. The van der Waals surface area contributed by atoms with Crippen LogP contribution in [0, 0.1) is 0 Å². The zero-order chi connectivity index (χ0) is 13.9. The van der Waals surface area contributed by atoms with Crippen molar-refractivity contribution in [3.63, 3.8) is 0 Å². The van der Waals surface area contributed by atoms with Gasteiger partial charge in [0.1, 0.15) is 0 Å². The summed E-state index contributed by atoms with van der Waals surface area (Å²) < 4.78 is 28.0. The molecule has 0 heterocycles. The highest BCUT2D eigenvalue weighted by molar-refractivity contribution is 9.10. The summed E-state index contributed by atoms with van der Waals surface area (Å²) in [6.45, 7) is 0. The van der Waals surface area contributed by atoms with E-state index in [0.29, 0.717) is 10.2 Å². The molecule has 0 atom stereocenters. The van der Waals surface area contributed by atoms with Crippen LogP contribution in [0.15, 0.2) is 27.6 Å². The van der Waals surface area contributed by atoms with Crippen LogP contribution in [0.2, 0.25) is 0 Å². The van der Waals surface area contributed by atoms with E-state index in [-0.39, 0.29) is 10.9 Å². The van der Waals surface area contributed by atoms with Crippen LogP contribution in [0.3, 0.4) is 0 Å². The number of rotatable bonds is 3. The van der Waals surface area contributed by atoms with Crippen molar-refractivity contribution in [2.24, 2.45) is 0 Å². The summed E-state index contributed by atoms with van der Waals surface area (Å²) in [5, 5.41) is 0. The first-order chi connectivity index (χ1) is 8.99. The zero-order valence-corrected chi connectivity index (χ0v) is 13.1. The molecule has 1 aromatic rings. The van der Waals surface area contributed by atoms with Gasteiger partial charge in [0.2, 0.25) is 10.0 Å². The average molecular weight is 347 g/mol. The molecule has 0 spiro atoms. The Morgan fingerprint density at radius 1 is 1.16 bits per heavy atom. The summed E-state index contributed by atoms with van der Waals surface area (Å²) in [5.74, 6) is 0. The number of halogens is 1. The summed E-state index contributed by atoms with van der Waals surface area (Å²) in [6, 6.07) is 4.81. The number of benzene rings is 1. The molecule has 1 aliphatic carbocycles. The number of anilines is 1. The quantitative estimate of drug-likeness (QED) is 0.652. The highest BCUT2D eigenvalue weighted by atomic mass is 79.9. The SMILES string of the molecule is Nc1ccc(S(=O)(=O)NC2CCCCCC2)c(Br)c1. The topological polar surface area (TPSA) is 72.2 Å². The lowest BCUT2D eigenvalue weighted by Crippen LogP contribution is -2.34. The van der Waals surface area contributed by atoms with Gasteiger partial charge in [0.05, 0.1) is 4.90 Å². The van der Waals surface area contributed by atoms with Crippen molar-refractivity contribution >= 4 is 31.6 Å². The van der Waals surface area contributed by atoms with E-state index in [1.54, 1.807) is 18.2 Å². The van der Waals surface area contributed by atoms with Crippen LogP contribution in [-0.4, -0.2) is 14.5 Å². The van der Waals surface area contributed by atoms with Gasteiger partial charge in [-0.2, -0.15) is 0 Å². The van der Waals surface area contributed by atoms with Gasteiger partial charge in [-0.3, -0.25) is 0 Å². The van der Waals surface area contributed by atoms with Gasteiger partial charge in [-0.1, -0.05) is 25.7 Å². The Morgan fingerprint density at radius 3 is 2.37 bits per heavy atom. The van der Waals surface area contributed by atoms with Gasteiger partial charge in [-0.05, 0) is 47.0 Å². The van der Waals surface area contributed by atoms with Crippen molar-refractivity contribution in [2.45, 2.75) is 49.5 Å². The summed E-state index contributed by atoms with van der Waals surface area (Å²) in [7, 11) is -3.48. The summed E-state index contributed by atoms with van der Waals surface area (Å²) in [5.41, 5.74) is 6.17. The number of hydrogen-bond acceptors (Lipinski definition) is 3. The third kappa shape index (κ3) is 3.94. The maximum Gasteiger partial charge on any atom is 0.241 e. The highest BCUT2D eigenvalue weighted by Gasteiger charge is 2.22. The van der Waals surface area contributed by atoms with E-state index in [1.807, 2.05) is 0 Å². The third-order valence-corrected chi connectivity index (χ3v) is 5.92. The second kappa shape index (κ2) is 6.24. The Labute approximate surface area is 122 Å². The van der Waals surface area contributed by atoms with Crippen molar-refractivity contribution in [3.05, 3.63) is 22.7 Å². The molecular weight excluding hydrogens is 328 g/mol. The standard InChI is InChI=1S/C13H19BrN2O2S/c14-12-9-10(15)7-8-13(12)19(17,18)16-11-5-3-1-2-4-6-11/h7-9,11,16H,1-6,15H2. The van der Waals surface area contributed by atoms with Crippen molar-refractivity contribution < 1.29 is 8.42 Å². The molecule has 1 aromatic carbocycles. The zero-order valence-electron chi connectivity index (χ0n) is 10.7. The molecule has 1 aliphatic rings. The van der Waals surface area contributed by atoms with E-state index < -0.39 is 10.0 Å². The van der Waals surface area contributed by atoms with E-state index in [2.05, 4.69) is 20.7 Å². The van der Waals surface area contributed by atoms with Crippen LogP contribution in [0.5, 0.6) is 0 Å². The van der Waals surface area contributed by atoms with Gasteiger partial charge in [0.15, 0.2) is 0 Å². The molecule has 0 unspecified atom stereocenters. The van der Waals surface area contributed by atoms with Gasteiger partial charge in [-0.15, -0.1) is 0 Å². The Kier molecular flexibility index (Phi) is 4.86. The largest absolute Gasteiger partial charge is 0.399 e. The van der Waals surface area contributed by atoms with Crippen LogP contribution in [0.25, 0.3) is 0 Å². The first kappa shape index (κ1) is 14.8. The molecular formula is C13H19BrN2O2S. The molecule has 0 bridgehead atoms. The minimum Gasteiger partial charge on any atom is -0.399 e. The van der Waals surface area contributed by atoms with E-state index in [9.17, 15) is 8.42 Å². The predicted molar refractivity (Wildman–Crippen MR) is 80.4 cm³/mol. The fraction of sp³-hybridized carbons (Fsp3) is 0.538. The Hall–Kier alpha value is -0.590. The molecule has 6 heteroatoms. The third-order valence-electron chi connectivity index (χ3n) is 3.42. The summed E-state index contributed by atoms with van der Waals surface area (Å²) in [4.78, 5) is 0.256. The number of sulfonamides is 1. The summed E-state index contributed by atoms with van der Waals surface area (Å²) in [6.07, 6.45) is 6.43. The van der Waals surface area contributed by atoms with Gasteiger partial charge in [0, 0.05) is 16.2 Å². The van der Waals surface area contributed by atoms with Crippen LogP contribution in [0.1, 0.15) is 38.5 Å². The number of nitrogens with one attached hydrogen (secondary N) is 1. The fourth-order valence-electron chi connectivity index (χ4n) is 2.42. The number of hydrogen-bond donors (Lipinski definition) is 2. The Morgan fingerprint density at radius 2 is 1.79 bits per heavy atom. The lowest BCUT2D eigenvalue weighted by atomic mass is 10.1. The van der Waals surface area contributed by atoms with Crippen molar-refractivity contribution in [1.29, 1.82) is 0 Å². The van der Waals surface area contributed by atoms with Gasteiger partial charge >= 0.3 is 0 Å². The van der Waals surface area contributed by atoms with E-state index in [0.717, 1.165) is 25.7 Å². The normalized spacial score (nSPS) is 18.2. The van der Waals surface area contributed by atoms with Crippen molar-refractivity contribution in [3.8, 4) is 0 Å². The summed E-state index contributed by atoms with van der Waals surface area (Å²) >= 11 is 3.26. The predicted octanol–water partition coefficient (Wildman–Crippen LogP) is 3.03. The highest BCUT2D eigenvalue weighted by Crippen LogP contribution is 2.26. The van der Waals surface area contributed by atoms with Crippen molar-refractivity contribution in [2.75, 3.05) is 5.73 Å². The number of nitrogen functional groups attached to an aromatic ring is 1. The molecule has 0 saturated heterocycles. The molecule has 1 fully saturated rings. The minimum absolute atomic E-state index is 0.0527. The lowest BCUT2D eigenvalue weighted by Gasteiger charge is -2.17. The van der Waals surface area contributed by atoms with Crippen LogP contribution < -0.4 is 10.5 Å². The molecule has 0 radical (unpaired) electrons. The van der Waals surface area contributed by atoms with Gasteiger partial charge in [0.25, 0.3) is 0 Å². The molecule has 19 heavy (non-hydrogen) atoms. The molecule has 3 N–H and O–H groups in total. The maximum absolute atomic E-state index is 12.4. The van der Waals surface area contributed by atoms with Crippen molar-refractivity contribution in [1.82, 2.24) is 4.72 Å². The van der Waals surface area contributed by atoms with Gasteiger partial charge < -0.3 is 5.73 Å². The smallest absolute Gasteiger partial charge is 0.241 e. The average Bonchev–Trinajstić information content (AvgIpc) is 2.56. The number of nitrogens with two attached hydrogens (primary N) is 1. The second-order valence-electron chi connectivity index (χ2n) is 5.00. The molecule has 2 rings (SSSR count). The molecule has 4 nitrogen and oxygen atoms in total. The Balaban J connectivity index is 2.17. The van der Waals surface area contributed by atoms with E-state index in [4.69, 9.17) is 5.73 Å². The van der Waals surface area contributed by atoms with E-state index in [1.165, 1.54) is 12.8 Å². The lowest BCUT2D eigenvalue weighted by molar-refractivity contribution is 0.509. The first-order valence-corrected chi connectivity index (χ1v) is 8.84. The molecule has 0 amide bonds. The molecule has 1 saturated carbocycles. The van der Waals surface area contributed by atoms with Crippen LogP contribution >= 0.6 is 15.9 Å². The second-order valence-corrected chi connectivity index (χ2v) is 7.54. The molecule has 0 aliphatic heterocycles. The van der Waals surface area contributed by atoms with E-state index >= 15 is 0 Å². The van der Waals surface area contributed by atoms with Crippen LogP contribution in [0.4, 0.5) is 5.69 Å². The van der Waals surface area contributed by atoms with Gasteiger partial charge in [-0.25, -0.2) is 13.1 Å². The fourth-order valence-corrected chi connectivity index (χ4v) is 4.82. The van der Waals surface area contributed by atoms with Crippen LogP contribution in [-0.2, 0) is 10.0 Å². The first-order valence-electron chi connectivity index (χ1n) is 6.56. The monoisotopic (exact) mass is 346 g/mol.